The maximum absolute atomic E-state index is 13.6. The van der Waals surface area contributed by atoms with Crippen molar-refractivity contribution in [3.05, 3.63) is 71.8 Å². The molecule has 1 aliphatic rings. The molecule has 0 aromatic heterocycles. The van der Waals surface area contributed by atoms with Gasteiger partial charge in [-0.15, -0.1) is 0 Å². The van der Waals surface area contributed by atoms with Crippen LogP contribution in [0.4, 0.5) is 4.79 Å². The summed E-state index contributed by atoms with van der Waals surface area (Å²) < 4.78 is 5.33. The van der Waals surface area contributed by atoms with Gasteiger partial charge in [0, 0.05) is 19.1 Å². The highest BCUT2D eigenvalue weighted by Crippen LogP contribution is 2.21. The molecule has 1 fully saturated rings. The fourth-order valence-corrected chi connectivity index (χ4v) is 5.03. The van der Waals surface area contributed by atoms with Crippen molar-refractivity contribution < 1.29 is 33.8 Å². The number of carbonyl (C=O) groups excluding carboxylic acids is 5. The average molecular weight is 610 g/mol. The van der Waals surface area contributed by atoms with E-state index in [1.807, 2.05) is 26.8 Å². The van der Waals surface area contributed by atoms with Crippen molar-refractivity contribution in [3.8, 4) is 0 Å². The van der Waals surface area contributed by atoms with Crippen molar-refractivity contribution in [2.75, 3.05) is 13.6 Å². The number of hydrogen-bond acceptors (Lipinski definition) is 7. The van der Waals surface area contributed by atoms with Crippen LogP contribution in [0, 0.1) is 0 Å². The van der Waals surface area contributed by atoms with Crippen LogP contribution in [-0.4, -0.2) is 88.0 Å². The summed E-state index contributed by atoms with van der Waals surface area (Å²) in [5.74, 6) is -2.68. The molecular formula is C32H43N5O7. The second-order valence-corrected chi connectivity index (χ2v) is 12.0. The number of rotatable bonds is 12. The number of aliphatic hydroxyl groups excluding tert-OH is 1. The number of hydrogen-bond donors (Lipinski definition) is 4. The summed E-state index contributed by atoms with van der Waals surface area (Å²) in [6, 6.07) is 14.5. The Morgan fingerprint density at radius 1 is 1.02 bits per heavy atom. The minimum atomic E-state index is -1.73. The fourth-order valence-electron chi connectivity index (χ4n) is 5.03. The number of nitrogens with one attached hydrogen (secondary N) is 2. The molecule has 1 heterocycles. The van der Waals surface area contributed by atoms with Crippen molar-refractivity contribution in [3.63, 3.8) is 0 Å². The standard InChI is InChI=1S/C32H43N5O7/c1-32(2,3)35-29(41)24-16-11-17-37(24)30(42)27(39)23(18-21-12-7-5-8-13-21)34-28(40)25(19-26(33)38)36(4)31(43)44-20-22-14-9-6-10-15-22/h5-10,12-15,23-25,27,39H,11,16-20H2,1-4H3,(H2,33,38)(H,34,40)(H,35,41)/t23-,24-,25-,27-/m0/s1. The summed E-state index contributed by atoms with van der Waals surface area (Å²) in [6.45, 7) is 5.72. The third-order valence-corrected chi connectivity index (χ3v) is 7.25. The second-order valence-electron chi connectivity index (χ2n) is 12.0. The number of benzene rings is 2. The van der Waals surface area contributed by atoms with E-state index in [9.17, 15) is 29.1 Å². The maximum atomic E-state index is 13.6. The highest BCUT2D eigenvalue weighted by molar-refractivity contribution is 5.93. The van der Waals surface area contributed by atoms with Crippen LogP contribution < -0.4 is 16.4 Å². The van der Waals surface area contributed by atoms with Crippen molar-refractivity contribution in [1.29, 1.82) is 0 Å². The van der Waals surface area contributed by atoms with Crippen LogP contribution in [-0.2, 0) is 36.9 Å². The molecule has 4 atom stereocenters. The first kappa shape index (κ1) is 34.0. The normalized spacial score (nSPS) is 16.8. The van der Waals surface area contributed by atoms with Crippen LogP contribution in [0.3, 0.4) is 0 Å². The van der Waals surface area contributed by atoms with Crippen LogP contribution in [0.2, 0.25) is 0 Å². The van der Waals surface area contributed by atoms with E-state index in [0.717, 1.165) is 16.0 Å². The predicted molar refractivity (Wildman–Crippen MR) is 163 cm³/mol. The zero-order chi connectivity index (χ0) is 32.4. The second kappa shape index (κ2) is 15.3. The number of aliphatic hydroxyl groups is 1. The van der Waals surface area contributed by atoms with E-state index < -0.39 is 60.0 Å². The van der Waals surface area contributed by atoms with Crippen molar-refractivity contribution in [1.82, 2.24) is 20.4 Å². The number of ether oxygens (including phenoxy) is 1. The number of likely N-dealkylation sites (tertiary alicyclic amines) is 1. The van der Waals surface area contributed by atoms with Crippen LogP contribution in [0.1, 0.15) is 51.2 Å². The lowest BCUT2D eigenvalue weighted by atomic mass is 9.99. The van der Waals surface area contributed by atoms with E-state index in [2.05, 4.69) is 10.6 Å². The topological polar surface area (TPSA) is 171 Å². The van der Waals surface area contributed by atoms with Gasteiger partial charge < -0.3 is 31.1 Å². The third-order valence-electron chi connectivity index (χ3n) is 7.25. The minimum absolute atomic E-state index is 0.0532. The number of nitrogens with two attached hydrogens (primary N) is 1. The van der Waals surface area contributed by atoms with E-state index >= 15 is 0 Å². The lowest BCUT2D eigenvalue weighted by Gasteiger charge is -2.33. The highest BCUT2D eigenvalue weighted by atomic mass is 16.6. The van der Waals surface area contributed by atoms with Gasteiger partial charge in [0.25, 0.3) is 5.91 Å². The van der Waals surface area contributed by atoms with E-state index in [0.29, 0.717) is 12.8 Å². The molecule has 3 rings (SSSR count). The van der Waals surface area contributed by atoms with Gasteiger partial charge in [-0.2, -0.15) is 0 Å². The van der Waals surface area contributed by atoms with Gasteiger partial charge in [0.05, 0.1) is 12.5 Å². The minimum Gasteiger partial charge on any atom is -0.445 e. The Morgan fingerprint density at radius 3 is 2.18 bits per heavy atom. The first-order valence-corrected chi connectivity index (χ1v) is 14.6. The number of likely N-dealkylation sites (N-methyl/N-ethyl adjacent to an activating group) is 1. The number of amides is 5. The number of nitrogens with zero attached hydrogens (tertiary/aromatic N) is 2. The Bertz CT molecular complexity index is 1300. The molecule has 5 amide bonds. The monoisotopic (exact) mass is 609 g/mol. The Morgan fingerprint density at radius 2 is 1.61 bits per heavy atom. The van der Waals surface area contributed by atoms with Crippen molar-refractivity contribution in [2.45, 2.75) is 82.8 Å². The summed E-state index contributed by atoms with van der Waals surface area (Å²) in [6.07, 6.45) is -2.05. The van der Waals surface area contributed by atoms with Crippen molar-refractivity contribution in [2.24, 2.45) is 5.73 Å². The maximum Gasteiger partial charge on any atom is 0.410 e. The first-order chi connectivity index (χ1) is 20.8. The molecule has 5 N–H and O–H groups in total. The van der Waals surface area contributed by atoms with E-state index in [-0.39, 0.29) is 25.5 Å². The van der Waals surface area contributed by atoms with Gasteiger partial charge in [-0.25, -0.2) is 4.79 Å². The molecule has 0 unspecified atom stereocenters. The molecule has 0 spiro atoms. The van der Waals surface area contributed by atoms with Gasteiger partial charge in [-0.3, -0.25) is 24.1 Å². The quantitative estimate of drug-likeness (QED) is 0.282. The molecule has 0 bridgehead atoms. The van der Waals surface area contributed by atoms with Crippen LogP contribution in [0.15, 0.2) is 60.7 Å². The Hall–Kier alpha value is -4.45. The molecule has 0 radical (unpaired) electrons. The SMILES string of the molecule is CN(C(=O)OCc1ccccc1)[C@@H](CC(N)=O)C(=O)N[C@@H](Cc1ccccc1)[C@H](O)C(=O)N1CCC[C@H]1C(=O)NC(C)(C)C. The van der Waals surface area contributed by atoms with E-state index in [1.54, 1.807) is 54.6 Å². The zero-order valence-corrected chi connectivity index (χ0v) is 25.7. The largest absolute Gasteiger partial charge is 0.445 e. The summed E-state index contributed by atoms with van der Waals surface area (Å²) in [4.78, 5) is 67.3. The molecule has 2 aromatic rings. The fraction of sp³-hybridized carbons (Fsp3) is 0.469. The zero-order valence-electron chi connectivity index (χ0n) is 25.7. The summed E-state index contributed by atoms with van der Waals surface area (Å²) >= 11 is 0. The lowest BCUT2D eigenvalue weighted by Crippen LogP contribution is -2.59. The smallest absolute Gasteiger partial charge is 0.410 e. The highest BCUT2D eigenvalue weighted by Gasteiger charge is 2.41. The number of carbonyl (C=O) groups is 5. The van der Waals surface area contributed by atoms with Crippen LogP contribution in [0.25, 0.3) is 0 Å². The summed E-state index contributed by atoms with van der Waals surface area (Å²) in [7, 11) is 1.30. The van der Waals surface area contributed by atoms with Crippen LogP contribution in [0.5, 0.6) is 0 Å². The van der Waals surface area contributed by atoms with Gasteiger partial charge in [0.1, 0.15) is 18.7 Å². The van der Waals surface area contributed by atoms with Gasteiger partial charge in [-0.1, -0.05) is 60.7 Å². The Kier molecular flexibility index (Phi) is 11.9. The Balaban J connectivity index is 1.80. The van der Waals surface area contributed by atoms with E-state index in [1.165, 1.54) is 11.9 Å². The molecular weight excluding hydrogens is 566 g/mol. The molecule has 1 saturated heterocycles. The molecule has 1 aliphatic heterocycles. The van der Waals surface area contributed by atoms with Gasteiger partial charge in [0.15, 0.2) is 6.10 Å². The molecule has 238 valence electrons. The third kappa shape index (κ3) is 9.80. The first-order valence-electron chi connectivity index (χ1n) is 14.6. The predicted octanol–water partition coefficient (Wildman–Crippen LogP) is 1.49. The molecule has 12 heteroatoms. The Labute approximate surface area is 257 Å². The van der Waals surface area contributed by atoms with Crippen molar-refractivity contribution >= 4 is 29.7 Å². The molecule has 12 nitrogen and oxygen atoms in total. The molecule has 0 aliphatic carbocycles. The average Bonchev–Trinajstić information content (AvgIpc) is 3.48. The summed E-state index contributed by atoms with van der Waals surface area (Å²) in [5, 5.41) is 16.9. The van der Waals surface area contributed by atoms with Gasteiger partial charge >= 0.3 is 6.09 Å². The van der Waals surface area contributed by atoms with E-state index in [4.69, 9.17) is 10.5 Å². The van der Waals surface area contributed by atoms with Gasteiger partial charge in [-0.05, 0) is 51.2 Å². The van der Waals surface area contributed by atoms with Gasteiger partial charge in [0.2, 0.25) is 17.7 Å². The molecule has 0 saturated carbocycles. The summed E-state index contributed by atoms with van der Waals surface area (Å²) in [5.41, 5.74) is 6.35. The lowest BCUT2D eigenvalue weighted by molar-refractivity contribution is -0.147. The molecule has 2 aromatic carbocycles. The van der Waals surface area contributed by atoms with Crippen LogP contribution >= 0.6 is 0 Å². The number of primary amides is 1. The molecule has 44 heavy (non-hydrogen) atoms.